The van der Waals surface area contributed by atoms with Crippen molar-refractivity contribution in [1.82, 2.24) is 14.5 Å². The molecule has 0 aliphatic carbocycles. The Labute approximate surface area is 104 Å². The molecule has 1 rings (SSSR count). The summed E-state index contributed by atoms with van der Waals surface area (Å²) in [6.07, 6.45) is 3.77. The highest BCUT2D eigenvalue weighted by molar-refractivity contribution is 5.07. The van der Waals surface area contributed by atoms with Crippen LogP contribution in [0.25, 0.3) is 0 Å². The minimum absolute atomic E-state index is 0.190. The molecule has 1 heterocycles. The molecule has 1 aromatic heterocycles. The van der Waals surface area contributed by atoms with Crippen LogP contribution >= 0.6 is 0 Å². The Morgan fingerprint density at radius 1 is 1.53 bits per heavy atom. The molecule has 0 radical (unpaired) electrons. The number of likely N-dealkylation sites (N-methyl/N-ethyl adjacent to an activating group) is 1. The molecule has 98 valence electrons. The average Bonchev–Trinajstić information content (AvgIpc) is 2.76. The molecule has 17 heavy (non-hydrogen) atoms. The number of hydrogen-bond donors (Lipinski definition) is 1. The molecule has 1 atom stereocenters. The van der Waals surface area contributed by atoms with Crippen LogP contribution < -0.4 is 5.73 Å². The molecule has 0 aliphatic rings. The van der Waals surface area contributed by atoms with Gasteiger partial charge in [-0.05, 0) is 20.9 Å². The number of nitrogens with zero attached hydrogens (tertiary/aromatic N) is 3. The van der Waals surface area contributed by atoms with E-state index >= 15 is 0 Å². The fourth-order valence-corrected chi connectivity index (χ4v) is 1.92. The van der Waals surface area contributed by atoms with Crippen LogP contribution in [0.1, 0.15) is 31.6 Å². The van der Waals surface area contributed by atoms with Crippen molar-refractivity contribution >= 4 is 0 Å². The number of ether oxygens (including phenoxy) is 1. The molecule has 1 unspecified atom stereocenters. The Morgan fingerprint density at radius 3 is 2.76 bits per heavy atom. The fourth-order valence-electron chi connectivity index (χ4n) is 1.92. The maximum Gasteiger partial charge on any atom is 0.0951 e. The zero-order valence-electron chi connectivity index (χ0n) is 11.3. The maximum atomic E-state index is 5.88. The second-order valence-electron chi connectivity index (χ2n) is 4.54. The number of hydrogen-bond acceptors (Lipinski definition) is 4. The zero-order valence-corrected chi connectivity index (χ0v) is 11.3. The minimum Gasteiger partial charge on any atom is -0.383 e. The van der Waals surface area contributed by atoms with Crippen molar-refractivity contribution in [3.63, 3.8) is 0 Å². The summed E-state index contributed by atoms with van der Waals surface area (Å²) < 4.78 is 7.26. The van der Waals surface area contributed by atoms with E-state index in [0.717, 1.165) is 6.54 Å². The molecule has 0 spiro atoms. The number of imidazole rings is 1. The normalized spacial score (nSPS) is 13.6. The first-order valence-corrected chi connectivity index (χ1v) is 6.02. The molecular formula is C12H24N4O. The highest BCUT2D eigenvalue weighted by Gasteiger charge is 2.19. The second kappa shape index (κ2) is 6.74. The summed E-state index contributed by atoms with van der Waals surface area (Å²) >= 11 is 0. The van der Waals surface area contributed by atoms with E-state index in [-0.39, 0.29) is 6.04 Å². The van der Waals surface area contributed by atoms with Gasteiger partial charge < -0.3 is 15.0 Å². The number of nitrogens with two attached hydrogens (primary N) is 1. The Bertz CT molecular complexity index is 324. The van der Waals surface area contributed by atoms with Gasteiger partial charge in [-0.1, -0.05) is 0 Å². The molecule has 0 saturated carbocycles. The molecule has 0 aliphatic heterocycles. The van der Waals surface area contributed by atoms with E-state index in [1.54, 1.807) is 7.11 Å². The van der Waals surface area contributed by atoms with Crippen LogP contribution in [0.3, 0.4) is 0 Å². The molecule has 0 aromatic carbocycles. The van der Waals surface area contributed by atoms with Gasteiger partial charge in [0.2, 0.25) is 0 Å². The molecular weight excluding hydrogens is 216 g/mol. The van der Waals surface area contributed by atoms with E-state index in [2.05, 4.69) is 35.3 Å². The van der Waals surface area contributed by atoms with Crippen molar-refractivity contribution < 1.29 is 4.74 Å². The van der Waals surface area contributed by atoms with Crippen molar-refractivity contribution in [1.29, 1.82) is 0 Å². The van der Waals surface area contributed by atoms with E-state index in [4.69, 9.17) is 10.5 Å². The van der Waals surface area contributed by atoms with Crippen LogP contribution in [0.5, 0.6) is 0 Å². The van der Waals surface area contributed by atoms with E-state index in [0.29, 0.717) is 19.2 Å². The third kappa shape index (κ3) is 3.52. The van der Waals surface area contributed by atoms with Crippen molar-refractivity contribution in [2.24, 2.45) is 5.73 Å². The van der Waals surface area contributed by atoms with Gasteiger partial charge in [-0.2, -0.15) is 0 Å². The van der Waals surface area contributed by atoms with Crippen LogP contribution in [-0.4, -0.2) is 48.3 Å². The van der Waals surface area contributed by atoms with Gasteiger partial charge >= 0.3 is 0 Å². The molecule has 5 nitrogen and oxygen atoms in total. The third-order valence-corrected chi connectivity index (χ3v) is 3.00. The van der Waals surface area contributed by atoms with Crippen LogP contribution in [0.15, 0.2) is 12.5 Å². The van der Waals surface area contributed by atoms with Crippen molar-refractivity contribution in [3.8, 4) is 0 Å². The standard InChI is InChI=1S/C12H24N4O/c1-10(2)16-9-14-8-12(16)11(7-13)15(3)5-6-17-4/h8-11H,5-7,13H2,1-4H3. The third-order valence-electron chi connectivity index (χ3n) is 3.00. The highest BCUT2D eigenvalue weighted by Crippen LogP contribution is 2.20. The first-order valence-electron chi connectivity index (χ1n) is 6.02. The Kier molecular flexibility index (Phi) is 5.61. The fraction of sp³-hybridized carbons (Fsp3) is 0.750. The molecule has 5 heteroatoms. The lowest BCUT2D eigenvalue weighted by molar-refractivity contribution is 0.137. The summed E-state index contributed by atoms with van der Waals surface area (Å²) in [7, 11) is 3.78. The van der Waals surface area contributed by atoms with Crippen molar-refractivity contribution in [2.75, 3.05) is 33.9 Å². The van der Waals surface area contributed by atoms with Gasteiger partial charge in [0, 0.05) is 32.4 Å². The van der Waals surface area contributed by atoms with E-state index in [1.165, 1.54) is 5.69 Å². The van der Waals surface area contributed by atoms with Gasteiger partial charge in [0.05, 0.1) is 24.7 Å². The minimum atomic E-state index is 0.190. The summed E-state index contributed by atoms with van der Waals surface area (Å²) in [4.78, 5) is 6.43. The number of aromatic nitrogens is 2. The molecule has 0 saturated heterocycles. The predicted molar refractivity (Wildman–Crippen MR) is 68.9 cm³/mol. The summed E-state index contributed by atoms with van der Waals surface area (Å²) in [5, 5.41) is 0. The SMILES string of the molecule is COCCN(C)C(CN)c1cncn1C(C)C. The lowest BCUT2D eigenvalue weighted by atomic mass is 10.2. The van der Waals surface area contributed by atoms with Crippen LogP contribution in [-0.2, 0) is 4.74 Å². The van der Waals surface area contributed by atoms with Crippen molar-refractivity contribution in [2.45, 2.75) is 25.9 Å². The Hall–Kier alpha value is -0.910. The number of rotatable bonds is 7. The molecule has 0 fully saturated rings. The number of methoxy groups -OCH3 is 1. The Morgan fingerprint density at radius 2 is 2.24 bits per heavy atom. The molecule has 1 aromatic rings. The lowest BCUT2D eigenvalue weighted by Crippen LogP contribution is -2.34. The van der Waals surface area contributed by atoms with Crippen molar-refractivity contribution in [3.05, 3.63) is 18.2 Å². The summed E-state index contributed by atoms with van der Waals surface area (Å²) in [5.41, 5.74) is 7.05. The lowest BCUT2D eigenvalue weighted by Gasteiger charge is -2.28. The van der Waals surface area contributed by atoms with E-state index in [9.17, 15) is 0 Å². The van der Waals surface area contributed by atoms with Gasteiger partial charge in [0.15, 0.2) is 0 Å². The van der Waals surface area contributed by atoms with Gasteiger partial charge in [-0.25, -0.2) is 4.98 Å². The van der Waals surface area contributed by atoms with Gasteiger partial charge in [-0.3, -0.25) is 4.90 Å². The van der Waals surface area contributed by atoms with Crippen LogP contribution in [0.4, 0.5) is 0 Å². The quantitative estimate of drug-likeness (QED) is 0.774. The van der Waals surface area contributed by atoms with Gasteiger partial charge in [0.1, 0.15) is 0 Å². The zero-order chi connectivity index (χ0) is 12.8. The van der Waals surface area contributed by atoms with Crippen LogP contribution in [0, 0.1) is 0 Å². The Balaban J connectivity index is 2.81. The predicted octanol–water partition coefficient (Wildman–Crippen LogP) is 1.04. The molecule has 0 amide bonds. The highest BCUT2D eigenvalue weighted by atomic mass is 16.5. The first kappa shape index (κ1) is 14.2. The smallest absolute Gasteiger partial charge is 0.0951 e. The summed E-state index contributed by atoms with van der Waals surface area (Å²) in [6.45, 7) is 6.45. The monoisotopic (exact) mass is 240 g/mol. The maximum absolute atomic E-state index is 5.88. The molecule has 2 N–H and O–H groups in total. The van der Waals surface area contributed by atoms with Gasteiger partial charge in [-0.15, -0.1) is 0 Å². The van der Waals surface area contributed by atoms with E-state index < -0.39 is 0 Å². The topological polar surface area (TPSA) is 56.3 Å². The summed E-state index contributed by atoms with van der Waals surface area (Å²) in [5.74, 6) is 0. The average molecular weight is 240 g/mol. The second-order valence-corrected chi connectivity index (χ2v) is 4.54. The first-order chi connectivity index (χ1) is 8.11. The molecule has 0 bridgehead atoms. The largest absolute Gasteiger partial charge is 0.383 e. The summed E-state index contributed by atoms with van der Waals surface area (Å²) in [6, 6.07) is 0.590. The van der Waals surface area contributed by atoms with Crippen LogP contribution in [0.2, 0.25) is 0 Å². The van der Waals surface area contributed by atoms with E-state index in [1.807, 2.05) is 12.5 Å². The van der Waals surface area contributed by atoms with Gasteiger partial charge in [0.25, 0.3) is 0 Å².